The fourth-order valence-electron chi connectivity index (χ4n) is 2.65. The third kappa shape index (κ3) is 4.50. The van der Waals surface area contributed by atoms with Gasteiger partial charge in [0.05, 0.1) is 31.3 Å². The quantitative estimate of drug-likeness (QED) is 0.605. The number of anilines is 1. The molecule has 3 rings (SSSR count). The average Bonchev–Trinajstić information content (AvgIpc) is 3.15. The molecule has 3 aromatic rings. The van der Waals surface area contributed by atoms with Crippen LogP contribution in [-0.2, 0) is 4.74 Å². The number of carbonyl (C=O) groups excluding carboxylic acids is 1. The molecule has 0 bridgehead atoms. The van der Waals surface area contributed by atoms with Gasteiger partial charge in [-0.25, -0.2) is 4.68 Å². The van der Waals surface area contributed by atoms with E-state index in [1.807, 2.05) is 49.4 Å². The lowest BCUT2D eigenvalue weighted by atomic mass is 10.2. The largest absolute Gasteiger partial charge is 0.493 e. The molecule has 7 heteroatoms. The molecular formula is C21H23N3O4. The number of para-hydroxylation sites is 1. The zero-order valence-corrected chi connectivity index (χ0v) is 16.1. The lowest BCUT2D eigenvalue weighted by Gasteiger charge is -2.13. The number of methoxy groups -OCH3 is 2. The number of amides is 1. The molecule has 7 nitrogen and oxygen atoms in total. The number of carbonyl (C=O) groups is 1. The Morgan fingerprint density at radius 3 is 2.57 bits per heavy atom. The van der Waals surface area contributed by atoms with Crippen molar-refractivity contribution in [2.24, 2.45) is 0 Å². The van der Waals surface area contributed by atoms with Gasteiger partial charge in [-0.3, -0.25) is 4.79 Å². The molecule has 0 saturated heterocycles. The molecule has 2 aromatic carbocycles. The van der Waals surface area contributed by atoms with Crippen LogP contribution in [0.3, 0.4) is 0 Å². The predicted octanol–water partition coefficient (Wildman–Crippen LogP) is 3.47. The molecule has 0 saturated carbocycles. The van der Waals surface area contributed by atoms with Crippen LogP contribution in [0.2, 0.25) is 0 Å². The normalized spacial score (nSPS) is 10.5. The van der Waals surface area contributed by atoms with Gasteiger partial charge in [-0.15, -0.1) is 0 Å². The molecule has 1 heterocycles. The molecular weight excluding hydrogens is 358 g/mol. The van der Waals surface area contributed by atoms with Crippen molar-refractivity contribution in [3.05, 3.63) is 66.0 Å². The van der Waals surface area contributed by atoms with E-state index in [1.165, 1.54) is 7.11 Å². The van der Waals surface area contributed by atoms with E-state index < -0.39 is 0 Å². The minimum Gasteiger partial charge on any atom is -0.493 e. The van der Waals surface area contributed by atoms with E-state index in [4.69, 9.17) is 14.2 Å². The van der Waals surface area contributed by atoms with Crippen molar-refractivity contribution in [1.82, 2.24) is 9.78 Å². The maximum Gasteiger partial charge on any atom is 0.280 e. The minimum absolute atomic E-state index is 0.190. The van der Waals surface area contributed by atoms with E-state index in [-0.39, 0.29) is 11.6 Å². The summed E-state index contributed by atoms with van der Waals surface area (Å²) in [6.45, 7) is 2.80. The highest BCUT2D eigenvalue weighted by Crippen LogP contribution is 2.27. The van der Waals surface area contributed by atoms with E-state index in [0.29, 0.717) is 30.4 Å². The third-order valence-corrected chi connectivity index (χ3v) is 4.07. The van der Waals surface area contributed by atoms with Gasteiger partial charge >= 0.3 is 0 Å². The van der Waals surface area contributed by atoms with Crippen LogP contribution in [0.15, 0.2) is 54.7 Å². The summed E-state index contributed by atoms with van der Waals surface area (Å²) in [5.74, 6) is 0.578. The highest BCUT2D eigenvalue weighted by atomic mass is 16.5. The Morgan fingerprint density at radius 1 is 1.07 bits per heavy atom. The Kier molecular flexibility index (Phi) is 6.29. The Labute approximate surface area is 163 Å². The number of aromatic nitrogens is 2. The number of hydrogen-bond acceptors (Lipinski definition) is 5. The van der Waals surface area contributed by atoms with Gasteiger partial charge in [-0.1, -0.05) is 24.3 Å². The summed E-state index contributed by atoms with van der Waals surface area (Å²) in [5.41, 5.74) is 2.60. The number of nitrogens with one attached hydrogen (secondary N) is 1. The van der Waals surface area contributed by atoms with E-state index >= 15 is 0 Å². The van der Waals surface area contributed by atoms with Crippen LogP contribution < -0.4 is 14.8 Å². The molecule has 0 aliphatic rings. The van der Waals surface area contributed by atoms with Crippen LogP contribution in [0, 0.1) is 6.92 Å². The molecule has 146 valence electrons. The molecule has 1 amide bonds. The second kappa shape index (κ2) is 9.05. The highest BCUT2D eigenvalue weighted by molar-refractivity contribution is 6.05. The summed E-state index contributed by atoms with van der Waals surface area (Å²) >= 11 is 0. The van der Waals surface area contributed by atoms with Gasteiger partial charge < -0.3 is 19.5 Å². The Morgan fingerprint density at radius 2 is 1.86 bits per heavy atom. The average molecular weight is 381 g/mol. The molecule has 0 atom stereocenters. The fourth-order valence-corrected chi connectivity index (χ4v) is 2.65. The Bertz CT molecular complexity index is 938. The van der Waals surface area contributed by atoms with Crippen molar-refractivity contribution in [2.75, 3.05) is 32.8 Å². The van der Waals surface area contributed by atoms with Crippen LogP contribution in [0.1, 0.15) is 16.1 Å². The second-order valence-corrected chi connectivity index (χ2v) is 6.12. The molecule has 0 aliphatic carbocycles. The number of ether oxygens (including phenoxy) is 3. The van der Waals surface area contributed by atoms with Crippen LogP contribution >= 0.6 is 0 Å². The highest BCUT2D eigenvalue weighted by Gasteiger charge is 2.20. The number of benzene rings is 2. The first kappa shape index (κ1) is 19.4. The topological polar surface area (TPSA) is 74.6 Å². The first-order chi connectivity index (χ1) is 13.6. The maximum absolute atomic E-state index is 12.9. The van der Waals surface area contributed by atoms with Gasteiger partial charge in [-0.2, -0.15) is 5.10 Å². The SMILES string of the molecule is COCCOc1cc(C)ccc1NC(=O)c1nn(-c2ccccc2)cc1OC. The summed E-state index contributed by atoms with van der Waals surface area (Å²) in [6.07, 6.45) is 1.68. The third-order valence-electron chi connectivity index (χ3n) is 4.07. The van der Waals surface area contributed by atoms with Crippen molar-refractivity contribution in [1.29, 1.82) is 0 Å². The predicted molar refractivity (Wildman–Crippen MR) is 107 cm³/mol. The molecule has 0 aliphatic heterocycles. The molecule has 0 fully saturated rings. The van der Waals surface area contributed by atoms with Crippen LogP contribution in [0.25, 0.3) is 5.69 Å². The monoisotopic (exact) mass is 381 g/mol. The van der Waals surface area contributed by atoms with Gasteiger partial charge in [-0.05, 0) is 36.8 Å². The summed E-state index contributed by atoms with van der Waals surface area (Å²) in [5, 5.41) is 7.25. The lowest BCUT2D eigenvalue weighted by molar-refractivity contribution is 0.101. The molecule has 1 N–H and O–H groups in total. The van der Waals surface area contributed by atoms with Crippen molar-refractivity contribution < 1.29 is 19.0 Å². The number of aryl methyl sites for hydroxylation is 1. The first-order valence-corrected chi connectivity index (χ1v) is 8.85. The van der Waals surface area contributed by atoms with Crippen molar-refractivity contribution in [3.8, 4) is 17.2 Å². The van der Waals surface area contributed by atoms with Gasteiger partial charge in [0.25, 0.3) is 5.91 Å². The van der Waals surface area contributed by atoms with Crippen LogP contribution in [0.4, 0.5) is 5.69 Å². The van der Waals surface area contributed by atoms with E-state index in [1.54, 1.807) is 24.1 Å². The van der Waals surface area contributed by atoms with E-state index in [9.17, 15) is 4.79 Å². The summed E-state index contributed by atoms with van der Waals surface area (Å²) in [6, 6.07) is 15.1. The van der Waals surface area contributed by atoms with Crippen molar-refractivity contribution in [2.45, 2.75) is 6.92 Å². The van der Waals surface area contributed by atoms with Gasteiger partial charge in [0.1, 0.15) is 12.4 Å². The van der Waals surface area contributed by atoms with Crippen LogP contribution in [0.5, 0.6) is 11.5 Å². The number of hydrogen-bond donors (Lipinski definition) is 1. The number of nitrogens with zero attached hydrogens (tertiary/aromatic N) is 2. The van der Waals surface area contributed by atoms with Crippen LogP contribution in [-0.4, -0.2) is 43.1 Å². The van der Waals surface area contributed by atoms with Gasteiger partial charge in [0.2, 0.25) is 0 Å². The lowest BCUT2D eigenvalue weighted by Crippen LogP contribution is -2.15. The summed E-state index contributed by atoms with van der Waals surface area (Å²) in [7, 11) is 3.12. The smallest absolute Gasteiger partial charge is 0.280 e. The number of rotatable bonds is 8. The van der Waals surface area contributed by atoms with E-state index in [0.717, 1.165) is 11.3 Å². The Balaban J connectivity index is 1.84. The second-order valence-electron chi connectivity index (χ2n) is 6.12. The Hall–Kier alpha value is -3.32. The van der Waals surface area contributed by atoms with Gasteiger partial charge in [0.15, 0.2) is 11.4 Å². The zero-order chi connectivity index (χ0) is 19.9. The minimum atomic E-state index is -0.382. The zero-order valence-electron chi connectivity index (χ0n) is 16.1. The van der Waals surface area contributed by atoms with Crippen molar-refractivity contribution >= 4 is 11.6 Å². The first-order valence-electron chi connectivity index (χ1n) is 8.85. The molecule has 0 radical (unpaired) electrons. The van der Waals surface area contributed by atoms with Crippen molar-refractivity contribution in [3.63, 3.8) is 0 Å². The fraction of sp³-hybridized carbons (Fsp3) is 0.238. The molecule has 0 spiro atoms. The summed E-state index contributed by atoms with van der Waals surface area (Å²) in [4.78, 5) is 12.9. The molecule has 28 heavy (non-hydrogen) atoms. The molecule has 1 aromatic heterocycles. The summed E-state index contributed by atoms with van der Waals surface area (Å²) < 4.78 is 17.7. The van der Waals surface area contributed by atoms with Gasteiger partial charge in [0, 0.05) is 7.11 Å². The standard InChI is InChI=1S/C21H23N3O4/c1-15-9-10-17(18(13-15)28-12-11-26-2)22-21(25)20-19(27-3)14-24(23-20)16-7-5-4-6-8-16/h4-10,13-14H,11-12H2,1-3H3,(H,22,25). The molecule has 0 unspecified atom stereocenters. The maximum atomic E-state index is 12.9. The van der Waals surface area contributed by atoms with E-state index in [2.05, 4.69) is 10.4 Å².